The van der Waals surface area contributed by atoms with Crippen LogP contribution in [0, 0.1) is 0 Å². The van der Waals surface area contributed by atoms with Gasteiger partial charge in [0.2, 0.25) is 5.91 Å². The summed E-state index contributed by atoms with van der Waals surface area (Å²) in [7, 11) is 0. The minimum absolute atomic E-state index is 0.204. The van der Waals surface area contributed by atoms with Crippen molar-refractivity contribution in [3.8, 4) is 0 Å². The molecule has 9 N–H and O–H groups in total. The van der Waals surface area contributed by atoms with Crippen molar-refractivity contribution in [1.82, 2.24) is 5.32 Å². The van der Waals surface area contributed by atoms with Crippen LogP contribution in [0.1, 0.15) is 290 Å². The van der Waals surface area contributed by atoms with E-state index in [2.05, 4.69) is 79.9 Å². The molecule has 0 aromatic heterocycles. The van der Waals surface area contributed by atoms with E-state index in [4.69, 9.17) is 18.9 Å². The lowest BCUT2D eigenvalue weighted by molar-refractivity contribution is -0.359. The summed E-state index contributed by atoms with van der Waals surface area (Å²) >= 11 is 0. The molecule has 2 rings (SSSR count). The van der Waals surface area contributed by atoms with Gasteiger partial charge in [-0.1, -0.05) is 286 Å². The lowest BCUT2D eigenvalue weighted by atomic mass is 9.97. The summed E-state index contributed by atoms with van der Waals surface area (Å²) in [6.07, 6.45) is 57.2. The number of carbonyl (C=O) groups excluding carboxylic acids is 1. The first kappa shape index (κ1) is 78.8. The molecule has 0 saturated carbocycles. The zero-order chi connectivity index (χ0) is 61.6. The molecule has 2 saturated heterocycles. The van der Waals surface area contributed by atoms with E-state index in [1.54, 1.807) is 0 Å². The van der Waals surface area contributed by atoms with Gasteiger partial charge in [0.25, 0.3) is 0 Å². The first-order valence-corrected chi connectivity index (χ1v) is 35.0. The van der Waals surface area contributed by atoms with Gasteiger partial charge in [-0.25, -0.2) is 0 Å². The number of unbranched alkanes of at least 4 members (excludes halogenated alkanes) is 34. The third-order valence-corrected chi connectivity index (χ3v) is 17.0. The summed E-state index contributed by atoms with van der Waals surface area (Å²) in [5.74, 6) is -0.204. The largest absolute Gasteiger partial charge is 0.394 e. The molecule has 0 bridgehead atoms. The number of carbonyl (C=O) groups is 1. The summed E-state index contributed by atoms with van der Waals surface area (Å²) in [6, 6.07) is -0.826. The SMILES string of the molecule is CC/C=C\C/C=C\C/C=C\C/C=C\C/C=C\CCCCCCCCCCCCCCCCCCCCCCCCCCCC(=O)NC(COC1OC(CO)C(OC2OC(CO)C(O)C(O)C2O)C(O)C1O)C(O)CCCCCCCCCCCC. The number of amides is 1. The standard InChI is InChI=1S/C71H129NO13/c1-3-5-7-9-11-13-15-16-17-18-19-20-21-22-23-24-25-26-27-28-29-30-31-32-33-34-35-36-37-38-39-40-41-42-43-44-45-47-49-51-53-55-63(76)72-59(60(75)54-52-50-48-46-14-12-10-8-6-4-2)58-82-70-68(81)66(79)69(62(57-74)84-70)85-71-67(80)65(78)64(77)61(56-73)83-71/h5,7,11,13,16-17,19-20,22-23,59-62,64-71,73-75,77-81H,3-4,6,8-10,12,14-15,18,21,24-58H2,1-2H3,(H,72,76)/b7-5-,13-11-,17-16-,20-19-,23-22-. The molecular formula is C71H129NO13. The Balaban J connectivity index is 1.50. The maximum atomic E-state index is 13.3. The maximum Gasteiger partial charge on any atom is 0.220 e. The minimum atomic E-state index is -1.78. The molecule has 14 heteroatoms. The summed E-state index contributed by atoms with van der Waals surface area (Å²) in [5.41, 5.74) is 0. The normalized spacial score (nSPS) is 23.9. The lowest BCUT2D eigenvalue weighted by Crippen LogP contribution is -2.65. The Morgan fingerprint density at radius 1 is 0.435 bits per heavy atom. The zero-order valence-electron chi connectivity index (χ0n) is 53.8. The van der Waals surface area contributed by atoms with Crippen LogP contribution in [0.4, 0.5) is 0 Å². The average molecular weight is 1200 g/mol. The Kier molecular flexibility index (Phi) is 51.7. The minimum Gasteiger partial charge on any atom is -0.394 e. The summed E-state index contributed by atoms with van der Waals surface area (Å²) in [5, 5.41) is 87.2. The van der Waals surface area contributed by atoms with Crippen LogP contribution in [0.2, 0.25) is 0 Å². The van der Waals surface area contributed by atoms with Crippen molar-refractivity contribution in [3.63, 3.8) is 0 Å². The number of rotatable bonds is 57. The number of aliphatic hydroxyl groups excluding tert-OH is 8. The third kappa shape index (κ3) is 40.1. The van der Waals surface area contributed by atoms with E-state index in [9.17, 15) is 45.6 Å². The fourth-order valence-electron chi connectivity index (χ4n) is 11.4. The highest BCUT2D eigenvalue weighted by Gasteiger charge is 2.51. The van der Waals surface area contributed by atoms with Crippen LogP contribution in [0.15, 0.2) is 60.8 Å². The maximum absolute atomic E-state index is 13.3. The molecule has 85 heavy (non-hydrogen) atoms. The van der Waals surface area contributed by atoms with Gasteiger partial charge >= 0.3 is 0 Å². The van der Waals surface area contributed by atoms with Crippen molar-refractivity contribution in [2.75, 3.05) is 19.8 Å². The van der Waals surface area contributed by atoms with Crippen LogP contribution in [-0.2, 0) is 23.7 Å². The first-order valence-electron chi connectivity index (χ1n) is 35.0. The van der Waals surface area contributed by atoms with E-state index >= 15 is 0 Å². The molecule has 12 unspecified atom stereocenters. The Bertz CT molecular complexity index is 1660. The molecule has 1 amide bonds. The molecule has 2 heterocycles. The van der Waals surface area contributed by atoms with Gasteiger partial charge in [0.15, 0.2) is 12.6 Å². The predicted molar refractivity (Wildman–Crippen MR) is 346 cm³/mol. The Morgan fingerprint density at radius 3 is 1.25 bits per heavy atom. The number of nitrogens with one attached hydrogen (secondary N) is 1. The summed E-state index contributed by atoms with van der Waals surface area (Å²) in [4.78, 5) is 13.3. The van der Waals surface area contributed by atoms with E-state index in [1.165, 1.54) is 180 Å². The number of hydrogen-bond acceptors (Lipinski definition) is 13. The molecule has 12 atom stereocenters. The lowest BCUT2D eigenvalue weighted by Gasteiger charge is -2.46. The number of ether oxygens (including phenoxy) is 4. The highest BCUT2D eigenvalue weighted by molar-refractivity contribution is 5.76. The van der Waals surface area contributed by atoms with Gasteiger partial charge in [0, 0.05) is 6.42 Å². The van der Waals surface area contributed by atoms with Gasteiger partial charge in [-0.3, -0.25) is 4.79 Å². The molecule has 0 aliphatic carbocycles. The van der Waals surface area contributed by atoms with Gasteiger partial charge in [0.05, 0.1) is 32.0 Å². The van der Waals surface area contributed by atoms with E-state index < -0.39 is 86.8 Å². The molecular weight excluding hydrogens is 1070 g/mol. The van der Waals surface area contributed by atoms with Gasteiger partial charge in [0.1, 0.15) is 48.8 Å². The number of allylic oxidation sites excluding steroid dienone is 10. The quantitative estimate of drug-likeness (QED) is 0.0204. The van der Waals surface area contributed by atoms with Gasteiger partial charge < -0.3 is 65.1 Å². The van der Waals surface area contributed by atoms with Crippen molar-refractivity contribution in [2.45, 2.75) is 364 Å². The molecule has 2 fully saturated rings. The summed E-state index contributed by atoms with van der Waals surface area (Å²) < 4.78 is 22.8. The molecule has 0 aromatic carbocycles. The molecule has 496 valence electrons. The van der Waals surface area contributed by atoms with Crippen molar-refractivity contribution >= 4 is 5.91 Å². The summed E-state index contributed by atoms with van der Waals surface area (Å²) in [6.45, 7) is 2.74. The topological polar surface area (TPSA) is 228 Å². The second kappa shape index (κ2) is 55.7. The van der Waals surface area contributed by atoms with E-state index in [0.717, 1.165) is 83.5 Å². The molecule has 0 radical (unpaired) electrons. The fraction of sp³-hybridized carbons (Fsp3) is 0.845. The predicted octanol–water partition coefficient (Wildman–Crippen LogP) is 14.1. The van der Waals surface area contributed by atoms with Crippen molar-refractivity contribution in [1.29, 1.82) is 0 Å². The van der Waals surface area contributed by atoms with Crippen LogP contribution in [-0.4, -0.2) is 140 Å². The second-order valence-corrected chi connectivity index (χ2v) is 24.6. The van der Waals surface area contributed by atoms with E-state index in [-0.39, 0.29) is 12.5 Å². The first-order chi connectivity index (χ1) is 41.6. The Labute approximate surface area is 517 Å². The third-order valence-electron chi connectivity index (χ3n) is 17.0. The van der Waals surface area contributed by atoms with Crippen molar-refractivity contribution < 1.29 is 64.6 Å². The van der Waals surface area contributed by atoms with Gasteiger partial charge in [-0.05, 0) is 57.8 Å². The van der Waals surface area contributed by atoms with Crippen molar-refractivity contribution in [2.24, 2.45) is 0 Å². The Morgan fingerprint density at radius 2 is 0.812 bits per heavy atom. The van der Waals surface area contributed by atoms with Crippen LogP contribution in [0.3, 0.4) is 0 Å². The highest BCUT2D eigenvalue weighted by atomic mass is 16.7. The Hall–Kier alpha value is -2.31. The van der Waals surface area contributed by atoms with E-state index in [1.807, 2.05) is 0 Å². The smallest absolute Gasteiger partial charge is 0.220 e. The molecule has 2 aliphatic rings. The zero-order valence-corrected chi connectivity index (χ0v) is 53.8. The van der Waals surface area contributed by atoms with Crippen LogP contribution >= 0.6 is 0 Å². The molecule has 14 nitrogen and oxygen atoms in total. The molecule has 2 aliphatic heterocycles. The molecule has 0 aromatic rings. The van der Waals surface area contributed by atoms with Crippen LogP contribution in [0.25, 0.3) is 0 Å². The van der Waals surface area contributed by atoms with E-state index in [0.29, 0.717) is 12.8 Å². The number of hydrogen-bond donors (Lipinski definition) is 9. The van der Waals surface area contributed by atoms with Crippen LogP contribution < -0.4 is 5.32 Å². The van der Waals surface area contributed by atoms with Crippen molar-refractivity contribution in [3.05, 3.63) is 60.8 Å². The van der Waals surface area contributed by atoms with Crippen LogP contribution in [0.5, 0.6) is 0 Å². The molecule has 0 spiro atoms. The van der Waals surface area contributed by atoms with Gasteiger partial charge in [-0.2, -0.15) is 0 Å². The second-order valence-electron chi connectivity index (χ2n) is 24.6. The fourth-order valence-corrected chi connectivity index (χ4v) is 11.4. The monoisotopic (exact) mass is 1200 g/mol. The number of aliphatic hydroxyl groups is 8. The average Bonchev–Trinajstić information content (AvgIpc) is 2.93. The van der Waals surface area contributed by atoms with Gasteiger partial charge in [-0.15, -0.1) is 0 Å². The highest BCUT2D eigenvalue weighted by Crippen LogP contribution is 2.30.